The van der Waals surface area contributed by atoms with E-state index in [1.807, 2.05) is 0 Å². The molecule has 2 rings (SSSR count). The highest BCUT2D eigenvalue weighted by atomic mass is 79.9. The summed E-state index contributed by atoms with van der Waals surface area (Å²) >= 11 is 2.62. The molecule has 1 N–H and O–H groups in total. The number of Topliss-reactive ketones (excluding diaryl/α,β-unsaturated/α-hetero) is 1. The van der Waals surface area contributed by atoms with Crippen LogP contribution in [0.1, 0.15) is 10.4 Å². The lowest BCUT2D eigenvalue weighted by atomic mass is 10.1. The second-order valence-electron chi connectivity index (χ2n) is 3.28. The molecule has 0 aliphatic heterocycles. The second-order valence-corrected chi connectivity index (χ2v) is 4.08. The lowest BCUT2D eigenvalue weighted by Gasteiger charge is -2.01. The number of aromatic nitrogens is 1. The molecule has 1 atom stereocenters. The molecule has 0 amide bonds. The van der Waals surface area contributed by atoms with E-state index in [9.17, 15) is 9.18 Å². The number of carbonyl (C=O) groups excluding carboxylic acids is 1. The third-order valence-electron chi connectivity index (χ3n) is 2.35. The van der Waals surface area contributed by atoms with Gasteiger partial charge in [-0.15, -0.1) is 0 Å². The summed E-state index contributed by atoms with van der Waals surface area (Å²) in [6.45, 7) is 0. The van der Waals surface area contributed by atoms with Crippen LogP contribution < -0.4 is 4.74 Å². The van der Waals surface area contributed by atoms with E-state index in [-0.39, 0.29) is 0 Å². The topological polar surface area (TPSA) is 42.1 Å². The number of halogens is 2. The van der Waals surface area contributed by atoms with Gasteiger partial charge >= 0.3 is 0 Å². The number of methoxy groups -OCH3 is 1. The smallest absolute Gasteiger partial charge is 0.217 e. The molecular weight excluding hydrogens is 277 g/mol. The largest absolute Gasteiger partial charge is 0.497 e. The first-order valence-electron chi connectivity index (χ1n) is 4.61. The van der Waals surface area contributed by atoms with Crippen molar-refractivity contribution >= 4 is 32.6 Å². The third-order valence-corrected chi connectivity index (χ3v) is 2.77. The Morgan fingerprint density at radius 1 is 1.56 bits per heavy atom. The molecule has 3 nitrogen and oxygen atoms in total. The molecule has 0 fully saturated rings. The van der Waals surface area contributed by atoms with E-state index in [4.69, 9.17) is 4.74 Å². The number of fused-ring (bicyclic) bond motifs is 1. The van der Waals surface area contributed by atoms with E-state index in [0.29, 0.717) is 16.7 Å². The Balaban J connectivity index is 2.58. The number of ketones is 1. The predicted molar refractivity (Wildman–Crippen MR) is 63.0 cm³/mol. The summed E-state index contributed by atoms with van der Waals surface area (Å²) in [7, 11) is 1.54. The number of benzene rings is 1. The van der Waals surface area contributed by atoms with Crippen molar-refractivity contribution in [1.29, 1.82) is 0 Å². The van der Waals surface area contributed by atoms with Gasteiger partial charge in [-0.2, -0.15) is 0 Å². The lowest BCUT2D eigenvalue weighted by molar-refractivity contribution is 0.0944. The molecule has 0 radical (unpaired) electrons. The highest BCUT2D eigenvalue weighted by Gasteiger charge is 2.19. The predicted octanol–water partition coefficient (Wildman–Crippen LogP) is 3.05. The minimum absolute atomic E-state index is 0.318. The fourth-order valence-electron chi connectivity index (χ4n) is 1.55. The molecule has 84 valence electrons. The molecule has 0 spiro atoms. The highest BCUT2D eigenvalue weighted by molar-refractivity contribution is 9.09. The number of alkyl halides is 2. The quantitative estimate of drug-likeness (QED) is 0.696. The van der Waals surface area contributed by atoms with Crippen molar-refractivity contribution in [1.82, 2.24) is 4.98 Å². The molecule has 1 heterocycles. The first-order chi connectivity index (χ1) is 7.63. The monoisotopic (exact) mass is 285 g/mol. The molecule has 1 aromatic carbocycles. The second kappa shape index (κ2) is 4.25. The molecular formula is C11H9BrFNO2. The average molecular weight is 286 g/mol. The zero-order chi connectivity index (χ0) is 11.7. The first kappa shape index (κ1) is 11.1. The van der Waals surface area contributed by atoms with Gasteiger partial charge in [-0.3, -0.25) is 4.79 Å². The Morgan fingerprint density at radius 2 is 2.31 bits per heavy atom. The van der Waals surface area contributed by atoms with Crippen LogP contribution in [0.15, 0.2) is 24.4 Å². The molecule has 5 heteroatoms. The number of nitrogens with one attached hydrogen (secondary N) is 1. The Bertz CT molecular complexity index is 536. The molecule has 0 bridgehead atoms. The average Bonchev–Trinajstić information content (AvgIpc) is 2.70. The summed E-state index contributed by atoms with van der Waals surface area (Å²) in [5.74, 6) is 0.0330. The summed E-state index contributed by atoms with van der Waals surface area (Å²) in [6.07, 6.45) is 1.50. The van der Waals surface area contributed by atoms with Crippen molar-refractivity contribution < 1.29 is 13.9 Å². The van der Waals surface area contributed by atoms with Crippen molar-refractivity contribution in [3.8, 4) is 5.75 Å². The molecule has 0 saturated heterocycles. The molecule has 1 aromatic heterocycles. The van der Waals surface area contributed by atoms with Crippen LogP contribution in [0.3, 0.4) is 0 Å². The maximum atomic E-state index is 12.9. The number of hydrogen-bond acceptors (Lipinski definition) is 2. The lowest BCUT2D eigenvalue weighted by Crippen LogP contribution is -2.07. The summed E-state index contributed by atoms with van der Waals surface area (Å²) in [5.41, 5.74) is 1.09. The highest BCUT2D eigenvalue weighted by Crippen LogP contribution is 2.25. The zero-order valence-electron chi connectivity index (χ0n) is 8.46. The summed E-state index contributed by atoms with van der Waals surface area (Å²) in [6, 6.07) is 5.26. The molecule has 16 heavy (non-hydrogen) atoms. The first-order valence-corrected chi connectivity index (χ1v) is 5.52. The number of ether oxygens (including phenoxy) is 1. The SMILES string of the molecule is COc1ccc2[nH]cc(C(=O)C(F)Br)c2c1. The van der Waals surface area contributed by atoms with Gasteiger partial charge in [0.25, 0.3) is 0 Å². The minimum atomic E-state index is -1.68. The van der Waals surface area contributed by atoms with Crippen molar-refractivity contribution in [2.75, 3.05) is 7.11 Å². The molecule has 0 aliphatic carbocycles. The van der Waals surface area contributed by atoms with Gasteiger partial charge in [0, 0.05) is 22.7 Å². The van der Waals surface area contributed by atoms with Gasteiger partial charge in [-0.05, 0) is 34.1 Å². The minimum Gasteiger partial charge on any atom is -0.497 e. The standard InChI is InChI=1S/C11H9BrFNO2/c1-16-6-2-3-9-7(4-6)8(5-14-9)10(15)11(12)13/h2-5,11,14H,1H3. The maximum absolute atomic E-state index is 12.9. The van der Waals surface area contributed by atoms with Gasteiger partial charge in [-0.25, -0.2) is 4.39 Å². The van der Waals surface area contributed by atoms with E-state index in [1.165, 1.54) is 13.3 Å². The Kier molecular flexibility index (Phi) is 2.96. The fourth-order valence-corrected chi connectivity index (χ4v) is 1.79. The van der Waals surface area contributed by atoms with Crippen LogP contribution >= 0.6 is 15.9 Å². The van der Waals surface area contributed by atoms with Gasteiger partial charge in [0.1, 0.15) is 5.75 Å². The molecule has 2 aromatic rings. The van der Waals surface area contributed by atoms with E-state index >= 15 is 0 Å². The van der Waals surface area contributed by atoms with Crippen molar-refractivity contribution in [3.05, 3.63) is 30.0 Å². The van der Waals surface area contributed by atoms with E-state index in [1.54, 1.807) is 18.2 Å². The van der Waals surface area contributed by atoms with Crippen LogP contribution in [-0.2, 0) is 0 Å². The summed E-state index contributed by atoms with van der Waals surface area (Å²) in [5, 5.41) is -1.02. The Labute approximate surface area is 99.7 Å². The van der Waals surface area contributed by atoms with Crippen LogP contribution in [0.25, 0.3) is 10.9 Å². The van der Waals surface area contributed by atoms with E-state index in [2.05, 4.69) is 20.9 Å². The van der Waals surface area contributed by atoms with Crippen molar-refractivity contribution in [2.45, 2.75) is 5.08 Å². The number of H-pyrrole nitrogens is 1. The van der Waals surface area contributed by atoms with Crippen LogP contribution in [0.2, 0.25) is 0 Å². The van der Waals surface area contributed by atoms with Gasteiger partial charge in [0.2, 0.25) is 10.9 Å². The summed E-state index contributed by atoms with van der Waals surface area (Å²) in [4.78, 5) is 14.4. The molecule has 0 aliphatic rings. The van der Waals surface area contributed by atoms with Gasteiger partial charge in [0.15, 0.2) is 0 Å². The van der Waals surface area contributed by atoms with E-state index in [0.717, 1.165) is 5.52 Å². The fraction of sp³-hybridized carbons (Fsp3) is 0.182. The number of aromatic amines is 1. The van der Waals surface area contributed by atoms with E-state index < -0.39 is 10.9 Å². The van der Waals surface area contributed by atoms with Gasteiger partial charge in [-0.1, -0.05) is 0 Å². The Hall–Kier alpha value is -1.36. The van der Waals surface area contributed by atoms with Crippen LogP contribution in [0.5, 0.6) is 5.75 Å². The zero-order valence-corrected chi connectivity index (χ0v) is 10.0. The van der Waals surface area contributed by atoms with Crippen LogP contribution in [0, 0.1) is 0 Å². The normalized spacial score (nSPS) is 12.7. The Morgan fingerprint density at radius 3 is 2.94 bits per heavy atom. The van der Waals surface area contributed by atoms with Gasteiger partial charge in [0.05, 0.1) is 7.11 Å². The molecule has 0 saturated carbocycles. The molecule has 1 unspecified atom stereocenters. The van der Waals surface area contributed by atoms with Crippen LogP contribution in [-0.4, -0.2) is 23.0 Å². The maximum Gasteiger partial charge on any atom is 0.217 e. The number of hydrogen-bond donors (Lipinski definition) is 1. The van der Waals surface area contributed by atoms with Crippen molar-refractivity contribution in [3.63, 3.8) is 0 Å². The van der Waals surface area contributed by atoms with Crippen LogP contribution in [0.4, 0.5) is 4.39 Å². The van der Waals surface area contributed by atoms with Gasteiger partial charge < -0.3 is 9.72 Å². The summed E-state index contributed by atoms with van der Waals surface area (Å²) < 4.78 is 17.9. The third kappa shape index (κ3) is 1.82. The number of carbonyl (C=O) groups is 1. The van der Waals surface area contributed by atoms with Crippen molar-refractivity contribution in [2.24, 2.45) is 0 Å². The number of rotatable bonds is 3.